The van der Waals surface area contributed by atoms with Gasteiger partial charge in [0.2, 0.25) is 11.8 Å². The number of pyridine rings is 1. The first kappa shape index (κ1) is 16.9. The van der Waals surface area contributed by atoms with Gasteiger partial charge in [-0.15, -0.1) is 0 Å². The fraction of sp³-hybridized carbons (Fsp3) is 0.632. The van der Waals surface area contributed by atoms with Crippen molar-refractivity contribution in [2.75, 3.05) is 13.2 Å². The number of ether oxygens (including phenoxy) is 2. The molecule has 0 aliphatic carbocycles. The molecule has 24 heavy (non-hydrogen) atoms. The number of nitrogens with zero attached hydrogens (tertiary/aromatic N) is 3. The standard InChI is InChI=1S/C19H27N3O2/c1-18(2,3)14-10-23-16(21-14)12-8-7-9-13(20-12)17-22-15(11-24-17)19(4,5)6/h7-9,14-15H,10-11H2,1-6H3/t14-,15-/m0/s1. The Balaban J connectivity index is 1.84. The minimum atomic E-state index is 0.0813. The SMILES string of the molecule is CC(C)(C)[C@@H]1COC(c2cccc(C3=N[C@H](C(C)(C)C)CO3)n2)=N1. The minimum absolute atomic E-state index is 0.0813. The van der Waals surface area contributed by atoms with E-state index in [0.29, 0.717) is 25.0 Å². The van der Waals surface area contributed by atoms with Gasteiger partial charge in [0.15, 0.2) is 0 Å². The van der Waals surface area contributed by atoms with Gasteiger partial charge in [-0.1, -0.05) is 47.6 Å². The van der Waals surface area contributed by atoms with E-state index in [4.69, 9.17) is 19.5 Å². The summed E-state index contributed by atoms with van der Waals surface area (Å²) >= 11 is 0. The van der Waals surface area contributed by atoms with Gasteiger partial charge in [-0.05, 0) is 23.0 Å². The zero-order valence-corrected chi connectivity index (χ0v) is 15.5. The second-order valence-corrected chi connectivity index (χ2v) is 8.66. The highest BCUT2D eigenvalue weighted by Crippen LogP contribution is 2.28. The lowest BCUT2D eigenvalue weighted by Gasteiger charge is -2.21. The van der Waals surface area contributed by atoms with Gasteiger partial charge < -0.3 is 9.47 Å². The summed E-state index contributed by atoms with van der Waals surface area (Å²) in [4.78, 5) is 14.1. The van der Waals surface area contributed by atoms with E-state index < -0.39 is 0 Å². The first-order valence-electron chi connectivity index (χ1n) is 8.53. The van der Waals surface area contributed by atoms with Crippen LogP contribution in [0.1, 0.15) is 52.9 Å². The molecule has 0 N–H and O–H groups in total. The van der Waals surface area contributed by atoms with Crippen molar-refractivity contribution in [2.45, 2.75) is 53.6 Å². The molecule has 1 aromatic rings. The summed E-state index contributed by atoms with van der Waals surface area (Å²) in [7, 11) is 0. The molecule has 0 aromatic carbocycles. The van der Waals surface area contributed by atoms with Crippen molar-refractivity contribution in [1.82, 2.24) is 4.98 Å². The fourth-order valence-corrected chi connectivity index (χ4v) is 2.59. The Morgan fingerprint density at radius 3 is 1.54 bits per heavy atom. The quantitative estimate of drug-likeness (QED) is 0.835. The number of hydrogen-bond donors (Lipinski definition) is 0. The summed E-state index contributed by atoms with van der Waals surface area (Å²) in [6.45, 7) is 14.2. The van der Waals surface area contributed by atoms with Crippen molar-refractivity contribution in [3.05, 3.63) is 29.6 Å². The van der Waals surface area contributed by atoms with E-state index in [1.807, 2.05) is 18.2 Å². The van der Waals surface area contributed by atoms with Crippen LogP contribution in [0.2, 0.25) is 0 Å². The van der Waals surface area contributed by atoms with Crippen LogP contribution in [-0.2, 0) is 9.47 Å². The maximum Gasteiger partial charge on any atom is 0.235 e. The summed E-state index contributed by atoms with van der Waals surface area (Å²) < 4.78 is 11.6. The van der Waals surface area contributed by atoms with E-state index in [-0.39, 0.29) is 22.9 Å². The third-order valence-electron chi connectivity index (χ3n) is 4.49. The molecule has 3 rings (SSSR count). The molecule has 0 unspecified atom stereocenters. The molecule has 2 aliphatic rings. The second-order valence-electron chi connectivity index (χ2n) is 8.66. The fourth-order valence-electron chi connectivity index (χ4n) is 2.59. The Morgan fingerprint density at radius 1 is 0.792 bits per heavy atom. The predicted molar refractivity (Wildman–Crippen MR) is 95.7 cm³/mol. The van der Waals surface area contributed by atoms with E-state index >= 15 is 0 Å². The minimum Gasteiger partial charge on any atom is -0.474 e. The molecule has 0 bridgehead atoms. The molecule has 0 saturated carbocycles. The maximum atomic E-state index is 5.78. The van der Waals surface area contributed by atoms with Crippen LogP contribution in [0.5, 0.6) is 0 Å². The van der Waals surface area contributed by atoms with Crippen LogP contribution in [0.4, 0.5) is 0 Å². The molecule has 5 nitrogen and oxygen atoms in total. The molecule has 0 radical (unpaired) electrons. The lowest BCUT2D eigenvalue weighted by Crippen LogP contribution is -2.25. The molecule has 0 saturated heterocycles. The predicted octanol–water partition coefficient (Wildman–Crippen LogP) is 3.46. The molecule has 0 fully saturated rings. The molecule has 0 spiro atoms. The Labute approximate surface area is 144 Å². The van der Waals surface area contributed by atoms with Gasteiger partial charge in [0.25, 0.3) is 0 Å². The van der Waals surface area contributed by atoms with Crippen LogP contribution >= 0.6 is 0 Å². The van der Waals surface area contributed by atoms with Crippen LogP contribution in [0.3, 0.4) is 0 Å². The normalized spacial score (nSPS) is 24.2. The lowest BCUT2D eigenvalue weighted by molar-refractivity contribution is 0.235. The highest BCUT2D eigenvalue weighted by Gasteiger charge is 2.33. The number of aliphatic imine (C=N–C) groups is 2. The summed E-state index contributed by atoms with van der Waals surface area (Å²) in [6.07, 6.45) is 0. The maximum absolute atomic E-state index is 5.78. The van der Waals surface area contributed by atoms with E-state index in [0.717, 1.165) is 11.4 Å². The summed E-state index contributed by atoms with van der Waals surface area (Å²) in [6, 6.07) is 6.10. The largest absolute Gasteiger partial charge is 0.474 e. The van der Waals surface area contributed by atoms with Crippen LogP contribution in [0.25, 0.3) is 0 Å². The average Bonchev–Trinajstić information content (AvgIpc) is 3.16. The van der Waals surface area contributed by atoms with Gasteiger partial charge in [0, 0.05) is 0 Å². The van der Waals surface area contributed by atoms with Gasteiger partial charge in [0.1, 0.15) is 24.6 Å². The summed E-state index contributed by atoms with van der Waals surface area (Å²) in [5.74, 6) is 1.23. The van der Waals surface area contributed by atoms with Crippen LogP contribution < -0.4 is 0 Å². The number of rotatable bonds is 2. The summed E-state index contributed by atoms with van der Waals surface area (Å²) in [5.41, 5.74) is 1.64. The van der Waals surface area contributed by atoms with E-state index in [9.17, 15) is 0 Å². The van der Waals surface area contributed by atoms with Crippen LogP contribution in [0, 0.1) is 10.8 Å². The summed E-state index contributed by atoms with van der Waals surface area (Å²) in [5, 5.41) is 0. The highest BCUT2D eigenvalue weighted by atomic mass is 16.5. The van der Waals surface area contributed by atoms with Crippen molar-refractivity contribution < 1.29 is 9.47 Å². The van der Waals surface area contributed by atoms with Gasteiger partial charge in [-0.3, -0.25) is 0 Å². The van der Waals surface area contributed by atoms with E-state index in [2.05, 4.69) is 46.5 Å². The van der Waals surface area contributed by atoms with Crippen molar-refractivity contribution >= 4 is 11.8 Å². The van der Waals surface area contributed by atoms with Gasteiger partial charge >= 0.3 is 0 Å². The molecule has 2 aliphatic heterocycles. The molecule has 2 atom stereocenters. The Bertz CT molecular complexity index is 625. The second kappa shape index (κ2) is 5.87. The van der Waals surface area contributed by atoms with E-state index in [1.54, 1.807) is 0 Å². The third kappa shape index (κ3) is 3.45. The molecule has 5 heteroatoms. The third-order valence-corrected chi connectivity index (χ3v) is 4.49. The zero-order chi connectivity index (χ0) is 17.5. The van der Waals surface area contributed by atoms with Gasteiger partial charge in [-0.25, -0.2) is 15.0 Å². The average molecular weight is 329 g/mol. The topological polar surface area (TPSA) is 56.1 Å². The Kier molecular flexibility index (Phi) is 4.14. The van der Waals surface area contributed by atoms with Gasteiger partial charge in [-0.2, -0.15) is 0 Å². The monoisotopic (exact) mass is 329 g/mol. The molecule has 130 valence electrons. The molecular weight excluding hydrogens is 302 g/mol. The molecular formula is C19H27N3O2. The highest BCUT2D eigenvalue weighted by molar-refractivity contribution is 5.97. The van der Waals surface area contributed by atoms with Crippen molar-refractivity contribution in [2.24, 2.45) is 20.8 Å². The number of hydrogen-bond acceptors (Lipinski definition) is 5. The molecule has 1 aromatic heterocycles. The van der Waals surface area contributed by atoms with Crippen LogP contribution in [0.15, 0.2) is 28.2 Å². The first-order chi connectivity index (χ1) is 11.1. The zero-order valence-electron chi connectivity index (χ0n) is 15.5. The number of aromatic nitrogens is 1. The molecule has 0 amide bonds. The smallest absolute Gasteiger partial charge is 0.235 e. The Morgan fingerprint density at radius 2 is 1.21 bits per heavy atom. The van der Waals surface area contributed by atoms with Crippen molar-refractivity contribution in [1.29, 1.82) is 0 Å². The van der Waals surface area contributed by atoms with Crippen LogP contribution in [-0.4, -0.2) is 42.1 Å². The first-order valence-corrected chi connectivity index (χ1v) is 8.53. The van der Waals surface area contributed by atoms with Crippen molar-refractivity contribution in [3.63, 3.8) is 0 Å². The molecule has 3 heterocycles. The van der Waals surface area contributed by atoms with E-state index in [1.165, 1.54) is 0 Å². The van der Waals surface area contributed by atoms with Gasteiger partial charge in [0.05, 0.1) is 12.1 Å². The van der Waals surface area contributed by atoms with Crippen molar-refractivity contribution in [3.8, 4) is 0 Å². The Hall–Kier alpha value is -1.91. The lowest BCUT2D eigenvalue weighted by atomic mass is 9.88.